The van der Waals surface area contributed by atoms with Crippen LogP contribution in [0.15, 0.2) is 23.8 Å². The highest BCUT2D eigenvalue weighted by atomic mass is 35.5. The molecule has 4 heteroatoms. The lowest BCUT2D eigenvalue weighted by Gasteiger charge is -1.96. The average Bonchev–Trinajstić information content (AvgIpc) is 2.27. The fourth-order valence-corrected chi connectivity index (χ4v) is 0.915. The van der Waals surface area contributed by atoms with E-state index in [-0.39, 0.29) is 18.4 Å². The topological polar surface area (TPSA) is 52.3 Å². The van der Waals surface area contributed by atoms with Gasteiger partial charge in [-0.15, -0.1) is 12.4 Å². The molecule has 0 bridgehead atoms. The number of esters is 1. The summed E-state index contributed by atoms with van der Waals surface area (Å²) in [6.07, 6.45) is 4.41. The van der Waals surface area contributed by atoms with Crippen molar-refractivity contribution in [2.75, 3.05) is 13.2 Å². The van der Waals surface area contributed by atoms with Crippen LogP contribution in [0.1, 0.15) is 40.5 Å². The van der Waals surface area contributed by atoms with Gasteiger partial charge < -0.3 is 10.5 Å². The molecule has 0 radical (unpaired) electrons. The Balaban J connectivity index is -0.000000218. The maximum atomic E-state index is 10.4. The van der Waals surface area contributed by atoms with Gasteiger partial charge in [0.1, 0.15) is 0 Å². The summed E-state index contributed by atoms with van der Waals surface area (Å²) in [6, 6.07) is 0. The highest BCUT2D eigenvalue weighted by Crippen LogP contribution is 1.97. The number of allylic oxidation sites excluding steroid dienone is 1. The molecule has 0 aliphatic carbocycles. The van der Waals surface area contributed by atoms with Gasteiger partial charge in [0.2, 0.25) is 0 Å². The van der Waals surface area contributed by atoms with Crippen LogP contribution in [0.4, 0.5) is 0 Å². The second-order valence-electron chi connectivity index (χ2n) is 3.33. The van der Waals surface area contributed by atoms with Crippen LogP contribution in [0.3, 0.4) is 0 Å². The van der Waals surface area contributed by atoms with E-state index in [1.807, 2.05) is 0 Å². The van der Waals surface area contributed by atoms with Crippen LogP contribution >= 0.6 is 12.4 Å². The molecule has 2 N–H and O–H groups in total. The van der Waals surface area contributed by atoms with E-state index in [9.17, 15) is 4.79 Å². The molecule has 0 fully saturated rings. The molecule has 0 unspecified atom stereocenters. The second-order valence-corrected chi connectivity index (χ2v) is 3.33. The average molecular weight is 264 g/mol. The molecule has 0 saturated carbocycles. The van der Waals surface area contributed by atoms with Crippen LogP contribution in [-0.4, -0.2) is 19.1 Å². The fourth-order valence-electron chi connectivity index (χ4n) is 0.915. The van der Waals surface area contributed by atoms with Gasteiger partial charge in [0.15, 0.2) is 0 Å². The molecular formula is C13H26ClNO2. The predicted molar refractivity (Wildman–Crippen MR) is 76.4 cm³/mol. The van der Waals surface area contributed by atoms with Gasteiger partial charge in [-0.3, -0.25) is 0 Å². The first-order valence-corrected chi connectivity index (χ1v) is 5.73. The lowest BCUT2D eigenvalue weighted by atomic mass is 10.2. The first-order valence-electron chi connectivity index (χ1n) is 5.73. The minimum absolute atomic E-state index is 0. The number of rotatable bonds is 5. The first-order chi connectivity index (χ1) is 7.53. The Hall–Kier alpha value is -0.800. The third kappa shape index (κ3) is 15.2. The highest BCUT2D eigenvalue weighted by molar-refractivity contribution is 5.86. The van der Waals surface area contributed by atoms with Crippen molar-refractivity contribution >= 4 is 18.4 Å². The molecule has 0 rings (SSSR count). The molecule has 102 valence electrons. The predicted octanol–water partition coefficient (Wildman–Crippen LogP) is 3.24. The summed E-state index contributed by atoms with van der Waals surface area (Å²) in [5.41, 5.74) is 7.22. The quantitative estimate of drug-likeness (QED) is 0.471. The highest BCUT2D eigenvalue weighted by Gasteiger charge is 1.98. The van der Waals surface area contributed by atoms with Crippen molar-refractivity contribution in [1.29, 1.82) is 0 Å². The van der Waals surface area contributed by atoms with Crippen LogP contribution in [0.2, 0.25) is 0 Å². The van der Waals surface area contributed by atoms with Gasteiger partial charge in [0, 0.05) is 12.1 Å². The molecule has 0 heterocycles. The summed E-state index contributed by atoms with van der Waals surface area (Å²) < 4.78 is 4.56. The third-order valence-corrected chi connectivity index (χ3v) is 1.83. The van der Waals surface area contributed by atoms with Crippen molar-refractivity contribution in [3.8, 4) is 0 Å². The molecule has 0 atom stereocenters. The number of carbonyl (C=O) groups is 1. The van der Waals surface area contributed by atoms with Crippen LogP contribution in [-0.2, 0) is 9.53 Å². The van der Waals surface area contributed by atoms with E-state index in [2.05, 4.69) is 31.2 Å². The van der Waals surface area contributed by atoms with Crippen molar-refractivity contribution in [1.82, 2.24) is 0 Å². The molecule has 0 aromatic rings. The number of carbonyl (C=O) groups excluding carboxylic acids is 1. The van der Waals surface area contributed by atoms with Crippen LogP contribution in [0.5, 0.6) is 0 Å². The molecule has 17 heavy (non-hydrogen) atoms. The number of hydrogen-bond donors (Lipinski definition) is 1. The lowest BCUT2D eigenvalue weighted by molar-refractivity contribution is -0.138. The van der Waals surface area contributed by atoms with Gasteiger partial charge in [-0.05, 0) is 26.7 Å². The van der Waals surface area contributed by atoms with E-state index >= 15 is 0 Å². The molecular weight excluding hydrogens is 238 g/mol. The van der Waals surface area contributed by atoms with Crippen molar-refractivity contribution in [3.05, 3.63) is 23.8 Å². The van der Waals surface area contributed by atoms with Gasteiger partial charge in [-0.25, -0.2) is 4.79 Å². The molecule has 0 spiro atoms. The maximum absolute atomic E-state index is 10.4. The van der Waals surface area contributed by atoms with E-state index in [0.717, 1.165) is 19.4 Å². The first kappa shape index (κ1) is 21.5. The molecule has 0 aromatic heterocycles. The van der Waals surface area contributed by atoms with E-state index in [4.69, 9.17) is 5.73 Å². The zero-order valence-electron chi connectivity index (χ0n) is 11.4. The minimum Gasteiger partial charge on any atom is -0.463 e. The number of hydrogen-bond acceptors (Lipinski definition) is 3. The maximum Gasteiger partial charge on any atom is 0.333 e. The van der Waals surface area contributed by atoms with Crippen molar-refractivity contribution < 1.29 is 9.53 Å². The van der Waals surface area contributed by atoms with Gasteiger partial charge in [-0.2, -0.15) is 0 Å². The zero-order valence-corrected chi connectivity index (χ0v) is 12.2. The molecule has 0 saturated heterocycles. The molecule has 0 amide bonds. The molecule has 0 aliphatic heterocycles. The molecule has 0 aliphatic rings. The Labute approximate surface area is 112 Å². The lowest BCUT2D eigenvalue weighted by Crippen LogP contribution is -2.03. The summed E-state index contributed by atoms with van der Waals surface area (Å²) in [7, 11) is 0. The largest absolute Gasteiger partial charge is 0.463 e. The van der Waals surface area contributed by atoms with Crippen LogP contribution < -0.4 is 5.73 Å². The number of nitrogens with two attached hydrogens (primary N) is 1. The summed E-state index contributed by atoms with van der Waals surface area (Å²) in [4.78, 5) is 10.4. The summed E-state index contributed by atoms with van der Waals surface area (Å²) in [5, 5.41) is 0. The summed E-state index contributed by atoms with van der Waals surface area (Å²) >= 11 is 0. The van der Waals surface area contributed by atoms with Crippen molar-refractivity contribution in [2.45, 2.75) is 40.5 Å². The Morgan fingerprint density at radius 3 is 2.00 bits per heavy atom. The van der Waals surface area contributed by atoms with Crippen LogP contribution in [0.25, 0.3) is 0 Å². The Kier molecular flexibility index (Phi) is 19.2. The Bertz CT molecular complexity index is 232. The SMILES string of the molecule is C=C(C)C(=O)OCC.CCC=C(CC)CN.Cl. The Morgan fingerprint density at radius 2 is 1.88 bits per heavy atom. The normalized spacial score (nSPS) is 9.59. The summed E-state index contributed by atoms with van der Waals surface area (Å²) in [6.45, 7) is 12.2. The van der Waals surface area contributed by atoms with Gasteiger partial charge >= 0.3 is 5.97 Å². The number of ether oxygens (including phenoxy) is 1. The standard InChI is InChI=1S/C7H15N.C6H10O2.ClH/c1-3-5-7(4-2)6-8;1-4-8-6(7)5(2)3;/h5H,3-4,6,8H2,1-2H3;2,4H2,1,3H3;1H. The third-order valence-electron chi connectivity index (χ3n) is 1.83. The van der Waals surface area contributed by atoms with Crippen LogP contribution in [0, 0.1) is 0 Å². The van der Waals surface area contributed by atoms with E-state index in [1.54, 1.807) is 13.8 Å². The van der Waals surface area contributed by atoms with Gasteiger partial charge in [0.25, 0.3) is 0 Å². The summed E-state index contributed by atoms with van der Waals surface area (Å²) in [5.74, 6) is -0.312. The molecule has 3 nitrogen and oxygen atoms in total. The van der Waals surface area contributed by atoms with Gasteiger partial charge in [-0.1, -0.05) is 32.1 Å². The molecule has 0 aromatic carbocycles. The zero-order chi connectivity index (χ0) is 13.0. The van der Waals surface area contributed by atoms with E-state index in [1.165, 1.54) is 5.57 Å². The smallest absolute Gasteiger partial charge is 0.333 e. The Morgan fingerprint density at radius 1 is 1.35 bits per heavy atom. The second kappa shape index (κ2) is 15.2. The van der Waals surface area contributed by atoms with Crippen molar-refractivity contribution in [3.63, 3.8) is 0 Å². The number of halogens is 1. The fraction of sp³-hybridized carbons (Fsp3) is 0.615. The van der Waals surface area contributed by atoms with Crippen molar-refractivity contribution in [2.24, 2.45) is 5.73 Å². The monoisotopic (exact) mass is 263 g/mol. The van der Waals surface area contributed by atoms with Gasteiger partial charge in [0.05, 0.1) is 6.61 Å². The minimum atomic E-state index is -0.312. The van der Waals surface area contributed by atoms with E-state index < -0.39 is 0 Å². The van der Waals surface area contributed by atoms with E-state index in [0.29, 0.717) is 12.2 Å².